The maximum atomic E-state index is 14.5. The number of nitrogens with zero attached hydrogens (tertiary/aromatic N) is 3. The van der Waals surface area contributed by atoms with Crippen molar-refractivity contribution in [2.45, 2.75) is 19.9 Å². The maximum Gasteiger partial charge on any atom is 0.338 e. The van der Waals surface area contributed by atoms with Crippen LogP contribution in [0, 0.1) is 0 Å². The smallest absolute Gasteiger partial charge is 0.338 e. The highest BCUT2D eigenvalue weighted by Gasteiger charge is 2.38. The lowest BCUT2D eigenvalue weighted by molar-refractivity contribution is -0.138. The summed E-state index contributed by atoms with van der Waals surface area (Å²) >= 11 is 1.14. The molecule has 2 aliphatic rings. The molecule has 218 valence electrons. The number of fused-ring (bicyclic) bond motifs is 2. The Bertz CT molecular complexity index is 1980. The van der Waals surface area contributed by atoms with Crippen molar-refractivity contribution < 1.29 is 23.8 Å². The molecular weight excluding hydrogens is 566 g/mol. The summed E-state index contributed by atoms with van der Waals surface area (Å²) in [5.74, 6) is 0.0929. The molecule has 4 aromatic rings. The molecule has 9 nitrogen and oxygen atoms in total. The molecule has 0 saturated carbocycles. The Morgan fingerprint density at radius 1 is 0.930 bits per heavy atom. The standard InChI is InChI=1S/C33H29N3O6S/c1-5-35-22-15-11-10-14-21(22)25(30(35)37)29-31(38)36-28(20-16-17-23(40-3)24(18-20)41-4)26(32(39)42-6-2)27(34-33(36)43-29)19-12-8-7-9-13-19/h7-18,28H,5-6H2,1-4H3/b29-25+/t28-/m0/s1. The Morgan fingerprint density at radius 2 is 1.65 bits per heavy atom. The molecule has 1 atom stereocenters. The lowest BCUT2D eigenvalue weighted by Crippen LogP contribution is -2.41. The van der Waals surface area contributed by atoms with E-state index in [0.29, 0.717) is 50.8 Å². The molecule has 3 aromatic carbocycles. The summed E-state index contributed by atoms with van der Waals surface area (Å²) in [7, 11) is 3.06. The van der Waals surface area contributed by atoms with Crippen LogP contribution >= 0.6 is 11.3 Å². The van der Waals surface area contributed by atoms with E-state index in [4.69, 9.17) is 19.2 Å². The number of carbonyl (C=O) groups excluding carboxylic acids is 2. The minimum atomic E-state index is -0.923. The number of hydrogen-bond acceptors (Lipinski definition) is 8. The van der Waals surface area contributed by atoms with Crippen LogP contribution in [-0.2, 0) is 14.3 Å². The molecule has 43 heavy (non-hydrogen) atoms. The number of benzene rings is 3. The number of para-hydroxylation sites is 1. The van der Waals surface area contributed by atoms with Crippen LogP contribution in [0.5, 0.6) is 11.5 Å². The number of anilines is 1. The summed E-state index contributed by atoms with van der Waals surface area (Å²) in [6, 6.07) is 21.1. The third-order valence-corrected chi connectivity index (χ3v) is 8.59. The van der Waals surface area contributed by atoms with Crippen molar-refractivity contribution >= 4 is 40.2 Å². The predicted octanol–water partition coefficient (Wildman–Crippen LogP) is 3.69. The number of likely N-dealkylation sites (N-methyl/N-ethyl adjacent to an activating group) is 1. The number of methoxy groups -OCH3 is 2. The molecule has 0 radical (unpaired) electrons. The van der Waals surface area contributed by atoms with E-state index in [9.17, 15) is 14.4 Å². The number of amides is 1. The Kier molecular flexibility index (Phi) is 7.45. The molecule has 0 bridgehead atoms. The predicted molar refractivity (Wildman–Crippen MR) is 164 cm³/mol. The van der Waals surface area contributed by atoms with Gasteiger partial charge >= 0.3 is 5.97 Å². The van der Waals surface area contributed by atoms with Gasteiger partial charge in [-0.2, -0.15) is 0 Å². The van der Waals surface area contributed by atoms with Crippen molar-refractivity contribution in [3.8, 4) is 11.5 Å². The van der Waals surface area contributed by atoms with E-state index in [2.05, 4.69) is 0 Å². The van der Waals surface area contributed by atoms with Crippen LogP contribution in [0.25, 0.3) is 11.3 Å². The van der Waals surface area contributed by atoms with Crippen LogP contribution in [0.3, 0.4) is 0 Å². The highest BCUT2D eigenvalue weighted by atomic mass is 32.1. The maximum absolute atomic E-state index is 14.5. The van der Waals surface area contributed by atoms with Crippen LogP contribution in [0.2, 0.25) is 0 Å². The zero-order valence-electron chi connectivity index (χ0n) is 24.1. The first-order chi connectivity index (χ1) is 20.9. The van der Waals surface area contributed by atoms with E-state index in [1.807, 2.05) is 61.5 Å². The van der Waals surface area contributed by atoms with Gasteiger partial charge < -0.3 is 19.1 Å². The number of ether oxygens (including phenoxy) is 3. The number of rotatable bonds is 7. The Balaban J connectivity index is 1.73. The van der Waals surface area contributed by atoms with Crippen LogP contribution in [-0.4, -0.2) is 43.8 Å². The minimum absolute atomic E-state index is 0.135. The van der Waals surface area contributed by atoms with E-state index in [1.54, 1.807) is 30.0 Å². The van der Waals surface area contributed by atoms with Gasteiger partial charge in [0, 0.05) is 17.7 Å². The van der Waals surface area contributed by atoms with E-state index >= 15 is 0 Å². The lowest BCUT2D eigenvalue weighted by atomic mass is 9.93. The van der Waals surface area contributed by atoms with E-state index in [-0.39, 0.29) is 22.6 Å². The summed E-state index contributed by atoms with van der Waals surface area (Å²) in [5.41, 5.74) is 3.23. The summed E-state index contributed by atoms with van der Waals surface area (Å²) in [4.78, 5) is 48.8. The Morgan fingerprint density at radius 3 is 2.35 bits per heavy atom. The van der Waals surface area contributed by atoms with Crippen LogP contribution in [0.4, 0.5) is 5.69 Å². The van der Waals surface area contributed by atoms with Crippen molar-refractivity contribution in [1.29, 1.82) is 0 Å². The van der Waals surface area contributed by atoms with Gasteiger partial charge in [0.15, 0.2) is 16.3 Å². The van der Waals surface area contributed by atoms with Crippen molar-refractivity contribution in [3.05, 3.63) is 115 Å². The minimum Gasteiger partial charge on any atom is -0.493 e. The lowest BCUT2D eigenvalue weighted by Gasteiger charge is -2.26. The topological polar surface area (TPSA) is 99.4 Å². The molecule has 3 heterocycles. The summed E-state index contributed by atoms with van der Waals surface area (Å²) < 4.78 is 18.3. The van der Waals surface area contributed by atoms with Gasteiger partial charge in [0.25, 0.3) is 11.5 Å². The fourth-order valence-corrected chi connectivity index (χ4v) is 6.73. The summed E-state index contributed by atoms with van der Waals surface area (Å²) in [6.07, 6.45) is 0. The molecule has 6 rings (SSSR count). The third-order valence-electron chi connectivity index (χ3n) is 7.54. The molecular formula is C33H29N3O6S. The SMILES string of the molecule is CCOC(=O)C1=C(c2ccccc2)N=c2s/c(=C3/C(=O)N(CC)c4ccccc43)c(=O)n2[C@H]1c1ccc(OC)c(OC)c1. The first kappa shape index (κ1) is 28.2. The van der Waals surface area contributed by atoms with E-state index in [1.165, 1.54) is 18.8 Å². The average molecular weight is 596 g/mol. The Hall–Kier alpha value is -4.96. The second-order valence-electron chi connectivity index (χ2n) is 9.81. The molecule has 0 spiro atoms. The van der Waals surface area contributed by atoms with Gasteiger partial charge in [-0.1, -0.05) is 65.9 Å². The van der Waals surface area contributed by atoms with Gasteiger partial charge in [0.05, 0.1) is 49.4 Å². The van der Waals surface area contributed by atoms with Crippen LogP contribution < -0.4 is 29.3 Å². The number of carbonyl (C=O) groups is 2. The van der Waals surface area contributed by atoms with Crippen molar-refractivity contribution in [2.24, 2.45) is 4.99 Å². The molecule has 0 fully saturated rings. The van der Waals surface area contributed by atoms with Gasteiger partial charge in [-0.15, -0.1) is 0 Å². The van der Waals surface area contributed by atoms with Gasteiger partial charge in [-0.3, -0.25) is 14.2 Å². The highest BCUT2D eigenvalue weighted by Crippen LogP contribution is 2.39. The van der Waals surface area contributed by atoms with Gasteiger partial charge in [-0.25, -0.2) is 9.79 Å². The average Bonchev–Trinajstić information content (AvgIpc) is 3.51. The zero-order valence-corrected chi connectivity index (χ0v) is 24.9. The van der Waals surface area contributed by atoms with Gasteiger partial charge in [0.1, 0.15) is 4.53 Å². The highest BCUT2D eigenvalue weighted by molar-refractivity contribution is 7.07. The molecule has 0 aliphatic carbocycles. The normalized spacial score (nSPS) is 16.9. The fraction of sp³-hybridized carbons (Fsp3) is 0.212. The molecule has 2 aliphatic heterocycles. The van der Waals surface area contributed by atoms with Gasteiger partial charge in [0.2, 0.25) is 0 Å². The zero-order chi connectivity index (χ0) is 30.2. The number of aromatic nitrogens is 1. The monoisotopic (exact) mass is 595 g/mol. The number of thiazole rings is 1. The summed E-state index contributed by atoms with van der Waals surface area (Å²) in [5, 5.41) is 0. The molecule has 0 saturated heterocycles. The number of esters is 1. The second-order valence-corrected chi connectivity index (χ2v) is 10.8. The summed E-state index contributed by atoms with van der Waals surface area (Å²) in [6.45, 7) is 4.21. The third kappa shape index (κ3) is 4.54. The van der Waals surface area contributed by atoms with Crippen LogP contribution in [0.1, 0.15) is 36.6 Å². The molecule has 0 unspecified atom stereocenters. The first-order valence-corrected chi connectivity index (χ1v) is 14.7. The largest absolute Gasteiger partial charge is 0.493 e. The van der Waals surface area contributed by atoms with E-state index < -0.39 is 17.6 Å². The molecule has 1 amide bonds. The first-order valence-electron chi connectivity index (χ1n) is 13.9. The quantitative estimate of drug-likeness (QED) is 0.302. The second kappa shape index (κ2) is 11.4. The van der Waals surface area contributed by atoms with E-state index in [0.717, 1.165) is 17.0 Å². The van der Waals surface area contributed by atoms with Crippen molar-refractivity contribution in [3.63, 3.8) is 0 Å². The molecule has 0 N–H and O–H groups in total. The van der Waals surface area contributed by atoms with Crippen molar-refractivity contribution in [2.75, 3.05) is 32.3 Å². The number of hydrogen-bond donors (Lipinski definition) is 0. The molecule has 10 heteroatoms. The van der Waals surface area contributed by atoms with Crippen LogP contribution in [0.15, 0.2) is 88.2 Å². The van der Waals surface area contributed by atoms with Gasteiger partial charge in [-0.05, 0) is 37.6 Å². The molecule has 1 aromatic heterocycles. The van der Waals surface area contributed by atoms with Crippen molar-refractivity contribution in [1.82, 2.24) is 4.57 Å². The Labute approximate surface area is 251 Å². The fourth-order valence-electron chi connectivity index (χ4n) is 5.64.